The second-order valence-electron chi connectivity index (χ2n) is 6.30. The third kappa shape index (κ3) is 3.59. The summed E-state index contributed by atoms with van der Waals surface area (Å²) in [5.41, 5.74) is 2.88. The Morgan fingerprint density at radius 1 is 1.08 bits per heavy atom. The molecule has 0 bridgehead atoms. The van der Waals surface area contributed by atoms with Crippen molar-refractivity contribution in [1.29, 1.82) is 0 Å². The molecule has 0 aliphatic carbocycles. The number of anilines is 2. The quantitative estimate of drug-likeness (QED) is 0.557. The fourth-order valence-corrected chi connectivity index (χ4v) is 2.89. The highest BCUT2D eigenvalue weighted by Gasteiger charge is 2.17. The summed E-state index contributed by atoms with van der Waals surface area (Å²) in [6, 6.07) is 13.4. The van der Waals surface area contributed by atoms with E-state index >= 15 is 0 Å². The number of hydrogen-bond acceptors (Lipinski definition) is 5. The van der Waals surface area contributed by atoms with Gasteiger partial charge in [0.2, 0.25) is 0 Å². The first-order valence-corrected chi connectivity index (χ1v) is 7.99. The lowest BCUT2D eigenvalue weighted by molar-refractivity contribution is -0.383. The molecule has 0 atom stereocenters. The summed E-state index contributed by atoms with van der Waals surface area (Å²) in [4.78, 5) is 17.5. The van der Waals surface area contributed by atoms with Crippen molar-refractivity contribution >= 4 is 28.0 Å². The molecule has 2 aromatic carbocycles. The minimum atomic E-state index is -0.336. The molecule has 0 fully saturated rings. The lowest BCUT2D eigenvalue weighted by Gasteiger charge is -2.12. The number of hydrogen-bond donors (Lipinski definition) is 1. The number of nitrogens with one attached hydrogen (secondary N) is 1. The van der Waals surface area contributed by atoms with Crippen LogP contribution in [0, 0.1) is 17.0 Å². The van der Waals surface area contributed by atoms with Crippen molar-refractivity contribution in [3.8, 4) is 0 Å². The van der Waals surface area contributed by atoms with Gasteiger partial charge in [-0.15, -0.1) is 0 Å². The molecule has 3 aromatic rings. The van der Waals surface area contributed by atoms with Crippen LogP contribution in [0.4, 0.5) is 17.2 Å². The fourth-order valence-electron chi connectivity index (χ4n) is 2.89. The third-order valence-corrected chi connectivity index (χ3v) is 4.02. The molecule has 25 heavy (non-hydrogen) atoms. The van der Waals surface area contributed by atoms with Crippen molar-refractivity contribution in [2.45, 2.75) is 13.5 Å². The monoisotopic (exact) mass is 336 g/mol. The SMILES string of the molecule is Cc1ccc2c(Nc3ccc(CN(C)C)cc3)nccc2c1[N+](=O)[O-]. The Morgan fingerprint density at radius 3 is 2.44 bits per heavy atom. The number of nitro groups is 1. The summed E-state index contributed by atoms with van der Waals surface area (Å²) in [6.07, 6.45) is 1.59. The fraction of sp³-hybridized carbons (Fsp3) is 0.211. The van der Waals surface area contributed by atoms with E-state index in [1.165, 1.54) is 5.56 Å². The van der Waals surface area contributed by atoms with E-state index in [0.717, 1.165) is 17.6 Å². The average Bonchev–Trinajstić information content (AvgIpc) is 2.55. The van der Waals surface area contributed by atoms with E-state index in [2.05, 4.69) is 27.3 Å². The number of aryl methyl sites for hydroxylation is 1. The van der Waals surface area contributed by atoms with Crippen LogP contribution in [0.15, 0.2) is 48.7 Å². The van der Waals surface area contributed by atoms with Gasteiger partial charge in [-0.25, -0.2) is 4.98 Å². The number of pyridine rings is 1. The molecule has 0 aliphatic rings. The summed E-state index contributed by atoms with van der Waals surface area (Å²) < 4.78 is 0. The van der Waals surface area contributed by atoms with E-state index in [1.807, 2.05) is 32.3 Å². The Bertz CT molecular complexity index is 921. The molecule has 6 nitrogen and oxygen atoms in total. The van der Waals surface area contributed by atoms with Gasteiger partial charge in [-0.2, -0.15) is 0 Å². The predicted molar refractivity (Wildman–Crippen MR) is 100 cm³/mol. The zero-order valence-corrected chi connectivity index (χ0v) is 14.5. The first-order chi connectivity index (χ1) is 12.0. The van der Waals surface area contributed by atoms with Gasteiger partial charge < -0.3 is 10.2 Å². The minimum absolute atomic E-state index is 0.129. The lowest BCUT2D eigenvalue weighted by Crippen LogP contribution is -2.10. The summed E-state index contributed by atoms with van der Waals surface area (Å²) in [5, 5.41) is 16.0. The molecular formula is C19H20N4O2. The van der Waals surface area contributed by atoms with Crippen LogP contribution in [0.1, 0.15) is 11.1 Å². The molecule has 1 aromatic heterocycles. The van der Waals surface area contributed by atoms with Crippen molar-refractivity contribution in [1.82, 2.24) is 9.88 Å². The summed E-state index contributed by atoms with van der Waals surface area (Å²) in [5.74, 6) is 0.612. The van der Waals surface area contributed by atoms with Crippen molar-refractivity contribution in [2.24, 2.45) is 0 Å². The summed E-state index contributed by atoms with van der Waals surface area (Å²) >= 11 is 0. The van der Waals surface area contributed by atoms with Crippen molar-refractivity contribution in [3.05, 3.63) is 69.9 Å². The predicted octanol–water partition coefficient (Wildman–Crippen LogP) is 4.26. The number of aromatic nitrogens is 1. The van der Waals surface area contributed by atoms with Crippen molar-refractivity contribution in [2.75, 3.05) is 19.4 Å². The summed E-state index contributed by atoms with van der Waals surface area (Å²) in [7, 11) is 4.06. The van der Waals surface area contributed by atoms with E-state index in [4.69, 9.17) is 0 Å². The third-order valence-electron chi connectivity index (χ3n) is 4.02. The first-order valence-electron chi connectivity index (χ1n) is 7.99. The number of benzene rings is 2. The molecule has 0 amide bonds. The van der Waals surface area contributed by atoms with Gasteiger partial charge in [0, 0.05) is 29.4 Å². The molecule has 0 aliphatic heterocycles. The minimum Gasteiger partial charge on any atom is -0.340 e. The van der Waals surface area contributed by atoms with Crippen molar-refractivity contribution < 1.29 is 4.92 Å². The molecule has 0 spiro atoms. The average molecular weight is 336 g/mol. The zero-order chi connectivity index (χ0) is 18.0. The maximum atomic E-state index is 11.4. The van der Waals surface area contributed by atoms with Crippen LogP contribution >= 0.6 is 0 Å². The lowest BCUT2D eigenvalue weighted by atomic mass is 10.1. The van der Waals surface area contributed by atoms with E-state index in [0.29, 0.717) is 16.8 Å². The smallest absolute Gasteiger partial charge is 0.280 e. The van der Waals surface area contributed by atoms with Gasteiger partial charge >= 0.3 is 0 Å². The van der Waals surface area contributed by atoms with E-state index < -0.39 is 0 Å². The molecule has 1 heterocycles. The molecule has 0 saturated carbocycles. The molecule has 0 saturated heterocycles. The van der Waals surface area contributed by atoms with Crippen LogP contribution in [0.2, 0.25) is 0 Å². The van der Waals surface area contributed by atoms with Gasteiger partial charge in [0.15, 0.2) is 0 Å². The molecular weight excluding hydrogens is 316 g/mol. The van der Waals surface area contributed by atoms with Crippen LogP contribution in [-0.2, 0) is 6.54 Å². The highest BCUT2D eigenvalue weighted by Crippen LogP contribution is 2.33. The topological polar surface area (TPSA) is 71.3 Å². The van der Waals surface area contributed by atoms with Gasteiger partial charge in [-0.3, -0.25) is 10.1 Å². The van der Waals surface area contributed by atoms with Crippen LogP contribution in [0.25, 0.3) is 10.8 Å². The molecule has 0 unspecified atom stereocenters. The second-order valence-corrected chi connectivity index (χ2v) is 6.30. The Kier molecular flexibility index (Phi) is 4.63. The number of nitro benzene ring substituents is 1. The standard InChI is InChI=1S/C19H20N4O2/c1-13-4-9-17-16(18(13)23(24)25)10-11-20-19(17)21-15-7-5-14(6-8-15)12-22(2)3/h4-11H,12H2,1-3H3,(H,20,21). The van der Waals surface area contributed by atoms with Crippen LogP contribution in [0.3, 0.4) is 0 Å². The second kappa shape index (κ2) is 6.86. The number of fused-ring (bicyclic) bond motifs is 1. The Morgan fingerprint density at radius 2 is 1.80 bits per heavy atom. The van der Waals surface area contributed by atoms with Crippen LogP contribution < -0.4 is 5.32 Å². The zero-order valence-electron chi connectivity index (χ0n) is 14.5. The Hall–Kier alpha value is -2.99. The van der Waals surface area contributed by atoms with Gasteiger partial charge in [0.1, 0.15) is 5.82 Å². The van der Waals surface area contributed by atoms with Gasteiger partial charge in [0.25, 0.3) is 5.69 Å². The largest absolute Gasteiger partial charge is 0.340 e. The van der Waals surface area contributed by atoms with E-state index in [9.17, 15) is 10.1 Å². The van der Waals surface area contributed by atoms with Gasteiger partial charge in [-0.05, 0) is 50.8 Å². The van der Waals surface area contributed by atoms with Crippen molar-refractivity contribution in [3.63, 3.8) is 0 Å². The highest BCUT2D eigenvalue weighted by atomic mass is 16.6. The molecule has 0 radical (unpaired) electrons. The van der Waals surface area contributed by atoms with Crippen LogP contribution in [0.5, 0.6) is 0 Å². The molecule has 3 rings (SSSR count). The summed E-state index contributed by atoms with van der Waals surface area (Å²) in [6.45, 7) is 2.62. The van der Waals surface area contributed by atoms with E-state index in [1.54, 1.807) is 25.3 Å². The Labute approximate surface area is 146 Å². The number of nitrogens with zero attached hydrogens (tertiary/aromatic N) is 3. The van der Waals surface area contributed by atoms with Crippen LogP contribution in [-0.4, -0.2) is 28.9 Å². The Balaban J connectivity index is 1.97. The maximum absolute atomic E-state index is 11.4. The normalized spacial score (nSPS) is 11.0. The number of rotatable bonds is 5. The highest BCUT2D eigenvalue weighted by molar-refractivity contribution is 5.99. The molecule has 6 heteroatoms. The maximum Gasteiger partial charge on any atom is 0.280 e. The molecule has 128 valence electrons. The first kappa shape index (κ1) is 16.9. The van der Waals surface area contributed by atoms with E-state index in [-0.39, 0.29) is 10.6 Å². The molecule has 1 N–H and O–H groups in total. The van der Waals surface area contributed by atoms with Gasteiger partial charge in [-0.1, -0.05) is 18.2 Å². The van der Waals surface area contributed by atoms with Gasteiger partial charge in [0.05, 0.1) is 10.3 Å².